The largest absolute Gasteiger partial charge is 0.398 e. The van der Waals surface area contributed by atoms with Gasteiger partial charge in [0.1, 0.15) is 29.9 Å². The number of hydrogen-bond acceptors (Lipinski definition) is 6. The highest BCUT2D eigenvalue weighted by Gasteiger charge is 2.68. The molecule has 3 aliphatic heterocycles. The maximum atomic E-state index is 6.64. The van der Waals surface area contributed by atoms with Crippen molar-refractivity contribution in [3.8, 4) is 0 Å². The minimum Gasteiger partial charge on any atom is -0.398 e. The zero-order valence-corrected chi connectivity index (χ0v) is 14.9. The maximum Gasteiger partial charge on any atom is 0.149 e. The van der Waals surface area contributed by atoms with Gasteiger partial charge in [-0.2, -0.15) is 0 Å². The van der Waals surface area contributed by atoms with Gasteiger partial charge in [0.15, 0.2) is 0 Å². The quantitative estimate of drug-likeness (QED) is 0.807. The van der Waals surface area contributed by atoms with Crippen molar-refractivity contribution < 1.29 is 14.2 Å². The number of hydrogen-bond donors (Lipinski definition) is 2. The van der Waals surface area contributed by atoms with Gasteiger partial charge in [0.25, 0.3) is 0 Å². The molecule has 3 heterocycles. The average Bonchev–Trinajstić information content (AvgIpc) is 3.24. The fourth-order valence-electron chi connectivity index (χ4n) is 4.69. The van der Waals surface area contributed by atoms with E-state index in [9.17, 15) is 0 Å². The SMILES string of the molecule is C[C@]1(c2ccccc2N)O[C@H]2CO[C@@H]3N2[C@H]1O[C@]3(C)c1ccccc1N. The third kappa shape index (κ3) is 1.90. The highest BCUT2D eigenvalue weighted by Crippen LogP contribution is 2.56. The number of nitrogen functional groups attached to an aromatic ring is 2. The second kappa shape index (κ2) is 5.20. The lowest BCUT2D eigenvalue weighted by Gasteiger charge is -2.33. The highest BCUT2D eigenvalue weighted by atomic mass is 16.7. The van der Waals surface area contributed by atoms with E-state index in [-0.39, 0.29) is 18.7 Å². The smallest absolute Gasteiger partial charge is 0.149 e. The molecule has 0 saturated carbocycles. The Morgan fingerprint density at radius 3 is 1.96 bits per heavy atom. The van der Waals surface area contributed by atoms with Crippen molar-refractivity contribution in [2.75, 3.05) is 18.1 Å². The van der Waals surface area contributed by atoms with Gasteiger partial charge < -0.3 is 25.7 Å². The molecule has 26 heavy (non-hydrogen) atoms. The first-order chi connectivity index (χ1) is 12.4. The van der Waals surface area contributed by atoms with Crippen molar-refractivity contribution in [3.63, 3.8) is 0 Å². The second-order valence-corrected chi connectivity index (χ2v) is 7.56. The van der Waals surface area contributed by atoms with Gasteiger partial charge in [-0.15, -0.1) is 0 Å². The van der Waals surface area contributed by atoms with Crippen molar-refractivity contribution >= 4 is 11.4 Å². The molecule has 6 heteroatoms. The first kappa shape index (κ1) is 16.1. The van der Waals surface area contributed by atoms with Gasteiger partial charge in [-0.3, -0.25) is 0 Å². The summed E-state index contributed by atoms with van der Waals surface area (Å²) in [4.78, 5) is 2.18. The van der Waals surface area contributed by atoms with Crippen LogP contribution in [0.5, 0.6) is 0 Å². The standard InChI is InChI=1S/C20H23N3O3/c1-19(12-7-3-5-9-14(12)21)17-23-16(11-24-17)25-20(2,18(23)26-19)13-8-4-6-10-15(13)22/h3-10,16-18H,11,21-22H2,1-2H3/t16-,17-,18-,19+,20+/m0/s1. The van der Waals surface area contributed by atoms with Crippen molar-refractivity contribution in [1.82, 2.24) is 4.90 Å². The van der Waals surface area contributed by atoms with Crippen LogP contribution in [0.15, 0.2) is 48.5 Å². The topological polar surface area (TPSA) is 83.0 Å². The predicted molar refractivity (Wildman–Crippen MR) is 97.7 cm³/mol. The predicted octanol–water partition coefficient (Wildman–Crippen LogP) is 2.35. The molecule has 3 saturated heterocycles. The van der Waals surface area contributed by atoms with Gasteiger partial charge in [-0.25, -0.2) is 4.90 Å². The van der Waals surface area contributed by atoms with Crippen LogP contribution in [0.25, 0.3) is 0 Å². The van der Waals surface area contributed by atoms with Crippen molar-refractivity contribution in [2.45, 2.75) is 43.7 Å². The lowest BCUT2D eigenvalue weighted by atomic mass is 9.92. The molecule has 0 spiro atoms. The monoisotopic (exact) mass is 353 g/mol. The Hall–Kier alpha value is -2.12. The summed E-state index contributed by atoms with van der Waals surface area (Å²) < 4.78 is 19.1. The van der Waals surface area contributed by atoms with Gasteiger partial charge >= 0.3 is 0 Å². The minimum atomic E-state index is -0.681. The summed E-state index contributed by atoms with van der Waals surface area (Å²) in [6, 6.07) is 15.6. The molecule has 0 radical (unpaired) electrons. The van der Waals surface area contributed by atoms with E-state index in [4.69, 9.17) is 25.7 Å². The van der Waals surface area contributed by atoms with Crippen LogP contribution in [0.3, 0.4) is 0 Å². The van der Waals surface area contributed by atoms with Crippen molar-refractivity contribution in [1.29, 1.82) is 0 Å². The number of ether oxygens (including phenoxy) is 3. The Balaban J connectivity index is 1.62. The second-order valence-electron chi connectivity index (χ2n) is 7.56. The zero-order chi connectivity index (χ0) is 18.1. The van der Waals surface area contributed by atoms with Crippen LogP contribution < -0.4 is 11.5 Å². The molecule has 5 atom stereocenters. The fraction of sp³-hybridized carbons (Fsp3) is 0.400. The van der Waals surface area contributed by atoms with E-state index in [0.29, 0.717) is 18.0 Å². The Bertz CT molecular complexity index is 829. The van der Waals surface area contributed by atoms with E-state index in [1.807, 2.05) is 62.4 Å². The van der Waals surface area contributed by atoms with Gasteiger partial charge in [-0.05, 0) is 26.0 Å². The maximum absolute atomic E-state index is 6.64. The van der Waals surface area contributed by atoms with Crippen molar-refractivity contribution in [2.24, 2.45) is 0 Å². The molecule has 3 aliphatic rings. The molecular weight excluding hydrogens is 330 g/mol. The summed E-state index contributed by atoms with van der Waals surface area (Å²) in [5.41, 5.74) is 14.4. The summed E-state index contributed by atoms with van der Waals surface area (Å²) in [7, 11) is 0. The number of para-hydroxylation sites is 2. The van der Waals surface area contributed by atoms with E-state index < -0.39 is 11.2 Å². The molecule has 6 nitrogen and oxygen atoms in total. The van der Waals surface area contributed by atoms with Crippen LogP contribution in [0.2, 0.25) is 0 Å². The van der Waals surface area contributed by atoms with Gasteiger partial charge in [-0.1, -0.05) is 36.4 Å². The van der Waals surface area contributed by atoms with Gasteiger partial charge in [0, 0.05) is 22.5 Å². The van der Waals surface area contributed by atoms with Crippen LogP contribution in [0, 0.1) is 0 Å². The lowest BCUT2D eigenvalue weighted by Crippen LogP contribution is -2.40. The molecule has 0 aromatic heterocycles. The Morgan fingerprint density at radius 1 is 0.846 bits per heavy atom. The number of nitrogens with two attached hydrogens (primary N) is 2. The average molecular weight is 353 g/mol. The normalized spacial score (nSPS) is 38.6. The molecule has 0 aliphatic carbocycles. The molecule has 0 unspecified atom stereocenters. The van der Waals surface area contributed by atoms with E-state index in [1.54, 1.807) is 0 Å². The summed E-state index contributed by atoms with van der Waals surface area (Å²) in [6.45, 7) is 4.58. The van der Waals surface area contributed by atoms with Crippen LogP contribution in [-0.2, 0) is 25.4 Å². The number of rotatable bonds is 2. The zero-order valence-electron chi connectivity index (χ0n) is 14.9. The van der Waals surface area contributed by atoms with E-state index >= 15 is 0 Å². The van der Waals surface area contributed by atoms with Gasteiger partial charge in [0.2, 0.25) is 0 Å². The molecule has 2 aromatic rings. The van der Waals surface area contributed by atoms with Crippen LogP contribution in [0.4, 0.5) is 11.4 Å². The number of anilines is 2. The van der Waals surface area contributed by atoms with E-state index in [1.165, 1.54) is 0 Å². The third-order valence-corrected chi connectivity index (χ3v) is 5.94. The van der Waals surface area contributed by atoms with E-state index in [0.717, 1.165) is 11.1 Å². The van der Waals surface area contributed by atoms with Crippen LogP contribution >= 0.6 is 0 Å². The summed E-state index contributed by atoms with van der Waals surface area (Å²) >= 11 is 0. The number of nitrogens with zero attached hydrogens (tertiary/aromatic N) is 1. The molecule has 5 rings (SSSR count). The van der Waals surface area contributed by atoms with E-state index in [2.05, 4.69) is 4.90 Å². The first-order valence-electron chi connectivity index (χ1n) is 8.90. The third-order valence-electron chi connectivity index (χ3n) is 5.94. The summed E-state index contributed by atoms with van der Waals surface area (Å²) in [5.74, 6) is 0. The summed E-state index contributed by atoms with van der Waals surface area (Å²) in [5, 5.41) is 0. The number of benzene rings is 2. The Morgan fingerprint density at radius 2 is 1.38 bits per heavy atom. The fourth-order valence-corrected chi connectivity index (χ4v) is 4.69. The molecule has 4 N–H and O–H groups in total. The van der Waals surface area contributed by atoms with Gasteiger partial charge in [0.05, 0.1) is 6.61 Å². The summed E-state index contributed by atoms with van der Waals surface area (Å²) in [6.07, 6.45) is -0.732. The Labute approximate surface area is 152 Å². The minimum absolute atomic E-state index is 0.165. The van der Waals surface area contributed by atoms with Crippen molar-refractivity contribution in [3.05, 3.63) is 59.7 Å². The molecule has 136 valence electrons. The first-order valence-corrected chi connectivity index (χ1v) is 8.90. The molecule has 0 amide bonds. The molecule has 2 aromatic carbocycles. The molecular formula is C20H23N3O3. The molecule has 3 fully saturated rings. The lowest BCUT2D eigenvalue weighted by molar-refractivity contribution is -0.137. The highest BCUT2D eigenvalue weighted by molar-refractivity contribution is 5.52. The molecule has 0 bridgehead atoms. The van der Waals surface area contributed by atoms with Crippen LogP contribution in [0.1, 0.15) is 25.0 Å². The van der Waals surface area contributed by atoms with Crippen LogP contribution in [-0.4, -0.2) is 30.2 Å². The Kier molecular flexibility index (Phi) is 3.22.